The Hall–Kier alpha value is -3.19. The average molecular weight is 340 g/mol. The maximum atomic E-state index is 12.7. The number of rotatable bonds is 5. The largest absolute Gasteiger partial charge is 0.451 e. The number of carbonyl (C=O) groups excluding carboxylic acids is 1. The second-order valence-electron chi connectivity index (χ2n) is 5.55. The number of nitrogens with one attached hydrogen (secondary N) is 1. The van der Waals surface area contributed by atoms with E-state index in [4.69, 9.17) is 9.15 Å². The molecule has 7 nitrogen and oxygen atoms in total. The van der Waals surface area contributed by atoms with Gasteiger partial charge in [-0.15, -0.1) is 0 Å². The number of furan rings is 1. The fourth-order valence-electron chi connectivity index (χ4n) is 2.61. The van der Waals surface area contributed by atoms with E-state index in [2.05, 4.69) is 5.32 Å². The van der Waals surface area contributed by atoms with E-state index in [-0.39, 0.29) is 18.1 Å². The fourth-order valence-corrected chi connectivity index (χ4v) is 2.61. The molecule has 128 valence electrons. The number of hydrogen-bond donors (Lipinski definition) is 1. The van der Waals surface area contributed by atoms with Crippen LogP contribution in [0, 0.1) is 17.0 Å². The molecule has 0 bridgehead atoms. The highest BCUT2D eigenvalue weighted by molar-refractivity contribution is 6.07. The Morgan fingerprint density at radius 3 is 2.76 bits per heavy atom. The van der Waals surface area contributed by atoms with Gasteiger partial charge in [-0.3, -0.25) is 14.9 Å². The predicted octanol–water partition coefficient (Wildman–Crippen LogP) is 4.05. The van der Waals surface area contributed by atoms with Crippen molar-refractivity contribution in [1.29, 1.82) is 0 Å². The molecule has 1 N–H and O–H groups in total. The Bertz CT molecular complexity index is 961. The number of nitrogens with zero attached hydrogens (tertiary/aromatic N) is 1. The van der Waals surface area contributed by atoms with E-state index in [0.717, 1.165) is 5.39 Å². The van der Waals surface area contributed by atoms with Gasteiger partial charge < -0.3 is 14.5 Å². The van der Waals surface area contributed by atoms with Crippen molar-refractivity contribution >= 4 is 28.3 Å². The summed E-state index contributed by atoms with van der Waals surface area (Å²) in [5, 5.41) is 14.4. The number of benzene rings is 2. The molecule has 0 unspecified atom stereocenters. The van der Waals surface area contributed by atoms with E-state index in [1.165, 1.54) is 19.2 Å². The summed E-state index contributed by atoms with van der Waals surface area (Å²) in [5.74, 6) is -0.346. The number of fused-ring (bicyclic) bond motifs is 1. The molecular formula is C18H16N2O5. The molecule has 25 heavy (non-hydrogen) atoms. The fraction of sp³-hybridized carbons (Fsp3) is 0.167. The number of carbonyl (C=O) groups is 1. The standard InChI is InChI=1S/C18H16N2O5/c1-11-7-8-12(20(22)23)9-15(11)19-18(21)17-14(10-24-2)13-5-3-4-6-16(13)25-17/h3-9H,10H2,1-2H3,(H,19,21). The third-order valence-electron chi connectivity index (χ3n) is 3.87. The quantitative estimate of drug-likeness (QED) is 0.558. The third-order valence-corrected chi connectivity index (χ3v) is 3.87. The van der Waals surface area contributed by atoms with Gasteiger partial charge in [0.05, 0.1) is 17.2 Å². The molecule has 3 aromatic rings. The van der Waals surface area contributed by atoms with E-state index in [1.54, 1.807) is 19.1 Å². The maximum Gasteiger partial charge on any atom is 0.291 e. The Kier molecular flexibility index (Phi) is 4.49. The Labute approximate surface area is 143 Å². The van der Waals surface area contributed by atoms with Crippen LogP contribution in [-0.4, -0.2) is 17.9 Å². The molecule has 7 heteroatoms. The van der Waals surface area contributed by atoms with Crippen molar-refractivity contribution in [2.45, 2.75) is 13.5 Å². The van der Waals surface area contributed by atoms with Crippen LogP contribution in [-0.2, 0) is 11.3 Å². The molecule has 0 aliphatic carbocycles. The molecule has 2 aromatic carbocycles. The first-order chi connectivity index (χ1) is 12.0. The number of anilines is 1. The highest BCUT2D eigenvalue weighted by atomic mass is 16.6. The van der Waals surface area contributed by atoms with Crippen molar-refractivity contribution in [3.63, 3.8) is 0 Å². The number of nitro benzene ring substituents is 1. The zero-order valence-corrected chi connectivity index (χ0v) is 13.7. The molecule has 1 heterocycles. The second kappa shape index (κ2) is 6.74. The minimum atomic E-state index is -0.507. The molecule has 3 rings (SSSR count). The third kappa shape index (κ3) is 3.22. The first kappa shape index (κ1) is 16.7. The van der Waals surface area contributed by atoms with E-state index in [9.17, 15) is 14.9 Å². The molecule has 0 saturated carbocycles. The summed E-state index contributed by atoms with van der Waals surface area (Å²) in [6.45, 7) is 1.97. The van der Waals surface area contributed by atoms with Gasteiger partial charge in [0.15, 0.2) is 5.76 Å². The van der Waals surface area contributed by atoms with Crippen molar-refractivity contribution in [2.75, 3.05) is 12.4 Å². The molecule has 0 saturated heterocycles. The van der Waals surface area contributed by atoms with Crippen molar-refractivity contribution in [2.24, 2.45) is 0 Å². The highest BCUT2D eigenvalue weighted by Gasteiger charge is 2.21. The zero-order valence-electron chi connectivity index (χ0n) is 13.7. The molecular weight excluding hydrogens is 324 g/mol. The monoisotopic (exact) mass is 340 g/mol. The van der Waals surface area contributed by atoms with E-state index < -0.39 is 10.8 Å². The summed E-state index contributed by atoms with van der Waals surface area (Å²) in [4.78, 5) is 23.1. The number of para-hydroxylation sites is 1. The number of aryl methyl sites for hydroxylation is 1. The van der Waals surface area contributed by atoms with Crippen LogP contribution in [0.15, 0.2) is 46.9 Å². The number of methoxy groups -OCH3 is 1. The van der Waals surface area contributed by atoms with Crippen LogP contribution in [0.1, 0.15) is 21.7 Å². The topological polar surface area (TPSA) is 94.6 Å². The number of ether oxygens (including phenoxy) is 1. The van der Waals surface area contributed by atoms with Crippen LogP contribution in [0.4, 0.5) is 11.4 Å². The lowest BCUT2D eigenvalue weighted by atomic mass is 10.1. The van der Waals surface area contributed by atoms with Crippen LogP contribution in [0.5, 0.6) is 0 Å². The molecule has 1 amide bonds. The van der Waals surface area contributed by atoms with Gasteiger partial charge in [0, 0.05) is 30.2 Å². The van der Waals surface area contributed by atoms with Crippen LogP contribution < -0.4 is 5.32 Å². The summed E-state index contributed by atoms with van der Waals surface area (Å²) in [7, 11) is 1.54. The Balaban J connectivity index is 1.99. The zero-order chi connectivity index (χ0) is 18.0. The number of hydrogen-bond acceptors (Lipinski definition) is 5. The number of nitro groups is 1. The smallest absolute Gasteiger partial charge is 0.291 e. The van der Waals surface area contributed by atoms with E-state index in [1.807, 2.05) is 18.2 Å². The Morgan fingerprint density at radius 2 is 2.04 bits per heavy atom. The van der Waals surface area contributed by atoms with E-state index >= 15 is 0 Å². The Morgan fingerprint density at radius 1 is 1.28 bits per heavy atom. The van der Waals surface area contributed by atoms with Crippen molar-refractivity contribution in [3.8, 4) is 0 Å². The number of amides is 1. The average Bonchev–Trinajstić information content (AvgIpc) is 2.96. The van der Waals surface area contributed by atoms with Crippen LogP contribution in [0.3, 0.4) is 0 Å². The van der Waals surface area contributed by atoms with E-state index in [0.29, 0.717) is 22.4 Å². The van der Waals surface area contributed by atoms with Crippen LogP contribution in [0.25, 0.3) is 11.0 Å². The first-order valence-corrected chi connectivity index (χ1v) is 7.57. The van der Waals surface area contributed by atoms with Crippen LogP contribution in [0.2, 0.25) is 0 Å². The molecule has 0 fully saturated rings. The lowest BCUT2D eigenvalue weighted by Crippen LogP contribution is -2.14. The highest BCUT2D eigenvalue weighted by Crippen LogP contribution is 2.28. The second-order valence-corrected chi connectivity index (χ2v) is 5.55. The molecule has 0 radical (unpaired) electrons. The molecule has 0 aliphatic rings. The van der Waals surface area contributed by atoms with Crippen molar-refractivity contribution in [3.05, 3.63) is 69.5 Å². The van der Waals surface area contributed by atoms with Gasteiger partial charge in [-0.05, 0) is 18.6 Å². The molecule has 0 aliphatic heterocycles. The molecule has 1 aromatic heterocycles. The summed E-state index contributed by atoms with van der Waals surface area (Å²) < 4.78 is 10.9. The van der Waals surface area contributed by atoms with Gasteiger partial charge in [-0.25, -0.2) is 0 Å². The normalized spacial score (nSPS) is 10.8. The van der Waals surface area contributed by atoms with Crippen molar-refractivity contribution in [1.82, 2.24) is 0 Å². The maximum absolute atomic E-state index is 12.7. The summed E-state index contributed by atoms with van der Waals surface area (Å²) in [6, 6.07) is 11.6. The van der Waals surface area contributed by atoms with Gasteiger partial charge in [0.25, 0.3) is 11.6 Å². The minimum Gasteiger partial charge on any atom is -0.451 e. The number of non-ortho nitro benzene ring substituents is 1. The summed E-state index contributed by atoms with van der Waals surface area (Å²) >= 11 is 0. The van der Waals surface area contributed by atoms with Gasteiger partial charge >= 0.3 is 0 Å². The molecule has 0 atom stereocenters. The lowest BCUT2D eigenvalue weighted by Gasteiger charge is -2.08. The summed E-state index contributed by atoms with van der Waals surface area (Å²) in [6.07, 6.45) is 0. The van der Waals surface area contributed by atoms with Gasteiger partial charge in [-0.1, -0.05) is 24.3 Å². The van der Waals surface area contributed by atoms with Crippen LogP contribution >= 0.6 is 0 Å². The van der Waals surface area contributed by atoms with Gasteiger partial charge in [0.2, 0.25) is 0 Å². The molecule has 0 spiro atoms. The SMILES string of the molecule is COCc1c(C(=O)Nc2cc([N+](=O)[O-])ccc2C)oc2ccccc12. The van der Waals surface area contributed by atoms with Gasteiger partial charge in [-0.2, -0.15) is 0 Å². The lowest BCUT2D eigenvalue weighted by molar-refractivity contribution is -0.384. The first-order valence-electron chi connectivity index (χ1n) is 7.57. The predicted molar refractivity (Wildman–Crippen MR) is 92.7 cm³/mol. The van der Waals surface area contributed by atoms with Crippen molar-refractivity contribution < 1.29 is 18.9 Å². The summed E-state index contributed by atoms with van der Waals surface area (Å²) in [5.41, 5.74) is 2.20. The van der Waals surface area contributed by atoms with Gasteiger partial charge in [0.1, 0.15) is 5.58 Å². The minimum absolute atomic E-state index is 0.0948.